The van der Waals surface area contributed by atoms with Crippen molar-refractivity contribution >= 4 is 33.4 Å². The fraction of sp³-hybridized carbons (Fsp3) is 0.185. The van der Waals surface area contributed by atoms with E-state index in [2.05, 4.69) is 4.98 Å². The smallest absolute Gasteiger partial charge is 0.274 e. The number of rotatable bonds is 9. The summed E-state index contributed by atoms with van der Waals surface area (Å²) in [6.07, 6.45) is 1.88. The minimum absolute atomic E-state index is 0.0543. The normalized spacial score (nSPS) is 12.0. The van der Waals surface area contributed by atoms with Crippen molar-refractivity contribution in [2.45, 2.75) is 6.92 Å². The summed E-state index contributed by atoms with van der Waals surface area (Å²) in [5.74, 6) is 1.61. The highest BCUT2D eigenvalue weighted by molar-refractivity contribution is 7.15. The van der Waals surface area contributed by atoms with E-state index in [9.17, 15) is 4.79 Å². The molecule has 0 atom stereocenters. The van der Waals surface area contributed by atoms with Gasteiger partial charge in [-0.3, -0.25) is 4.79 Å². The molecule has 0 aliphatic carbocycles. The number of imidazole rings is 1. The van der Waals surface area contributed by atoms with Gasteiger partial charge in [0.25, 0.3) is 5.56 Å². The molecule has 0 fully saturated rings. The van der Waals surface area contributed by atoms with Gasteiger partial charge in [0.05, 0.1) is 28.8 Å². The van der Waals surface area contributed by atoms with Crippen molar-refractivity contribution in [3.8, 4) is 11.5 Å². The fourth-order valence-electron chi connectivity index (χ4n) is 3.71. The summed E-state index contributed by atoms with van der Waals surface area (Å²) < 4.78 is 19.5. The number of aromatic nitrogens is 2. The first-order valence-corrected chi connectivity index (χ1v) is 11.9. The van der Waals surface area contributed by atoms with E-state index >= 15 is 0 Å². The molecule has 6 nitrogen and oxygen atoms in total. The predicted molar refractivity (Wildman–Crippen MR) is 135 cm³/mol. The summed E-state index contributed by atoms with van der Waals surface area (Å²) >= 11 is 1.39. The lowest BCUT2D eigenvalue weighted by molar-refractivity contribution is 0.0763. The van der Waals surface area contributed by atoms with Crippen molar-refractivity contribution in [3.63, 3.8) is 0 Å². The molecule has 34 heavy (non-hydrogen) atoms. The molecular formula is C27H24N2O4S. The molecular weight excluding hydrogens is 448 g/mol. The lowest BCUT2D eigenvalue weighted by atomic mass is 10.2. The maximum absolute atomic E-state index is 12.9. The molecule has 0 bridgehead atoms. The van der Waals surface area contributed by atoms with Crippen molar-refractivity contribution in [3.05, 3.63) is 98.8 Å². The zero-order valence-electron chi connectivity index (χ0n) is 18.8. The molecule has 2 aromatic heterocycles. The van der Waals surface area contributed by atoms with Crippen LogP contribution in [0.5, 0.6) is 11.5 Å². The summed E-state index contributed by atoms with van der Waals surface area (Å²) in [6.45, 7) is 3.90. The van der Waals surface area contributed by atoms with Gasteiger partial charge in [0, 0.05) is 0 Å². The van der Waals surface area contributed by atoms with E-state index in [-0.39, 0.29) is 5.56 Å². The first kappa shape index (κ1) is 22.1. The highest BCUT2D eigenvalue weighted by atomic mass is 32.1. The molecule has 172 valence electrons. The molecule has 0 amide bonds. The van der Waals surface area contributed by atoms with E-state index in [0.29, 0.717) is 35.9 Å². The van der Waals surface area contributed by atoms with Gasteiger partial charge < -0.3 is 14.2 Å². The Morgan fingerprint density at radius 3 is 2.59 bits per heavy atom. The Hall–Kier alpha value is -3.68. The summed E-state index contributed by atoms with van der Waals surface area (Å²) in [5, 5.41) is 0. The van der Waals surface area contributed by atoms with E-state index < -0.39 is 0 Å². The number of aryl methyl sites for hydroxylation is 1. The van der Waals surface area contributed by atoms with Crippen LogP contribution >= 0.6 is 11.3 Å². The number of hydrogen-bond donors (Lipinski definition) is 0. The maximum Gasteiger partial charge on any atom is 0.274 e. The highest BCUT2D eigenvalue weighted by Gasteiger charge is 2.10. The highest BCUT2D eigenvalue weighted by Crippen LogP contribution is 2.17. The predicted octanol–water partition coefficient (Wildman–Crippen LogP) is 4.24. The number of benzene rings is 3. The van der Waals surface area contributed by atoms with Crippen LogP contribution in [0.1, 0.15) is 11.1 Å². The SMILES string of the molecule is Cc1ccccc1OCCOCCOc1cccc(/C=c2/sc3nc4ccccc4n3c2=O)c1. The maximum atomic E-state index is 12.9. The van der Waals surface area contributed by atoms with Gasteiger partial charge >= 0.3 is 0 Å². The molecule has 0 radical (unpaired) electrons. The third-order valence-electron chi connectivity index (χ3n) is 5.38. The third kappa shape index (κ3) is 4.81. The van der Waals surface area contributed by atoms with Gasteiger partial charge in [-0.2, -0.15) is 0 Å². The van der Waals surface area contributed by atoms with Crippen LogP contribution in [0.3, 0.4) is 0 Å². The van der Waals surface area contributed by atoms with Gasteiger partial charge in [-0.05, 0) is 54.5 Å². The Labute approximate surface area is 200 Å². The Bertz CT molecular complexity index is 1540. The zero-order valence-corrected chi connectivity index (χ0v) is 19.6. The number of fused-ring (bicyclic) bond motifs is 3. The molecule has 3 aromatic carbocycles. The van der Waals surface area contributed by atoms with Crippen LogP contribution < -0.4 is 19.6 Å². The van der Waals surface area contributed by atoms with E-state index in [4.69, 9.17) is 14.2 Å². The number of nitrogens with zero attached hydrogens (tertiary/aromatic N) is 2. The van der Waals surface area contributed by atoms with Crippen LogP contribution in [0, 0.1) is 6.92 Å². The summed E-state index contributed by atoms with van der Waals surface area (Å²) in [4.78, 5) is 18.2. The van der Waals surface area contributed by atoms with Gasteiger partial charge in [0.2, 0.25) is 0 Å². The molecule has 0 spiro atoms. The first-order valence-electron chi connectivity index (χ1n) is 11.1. The van der Waals surface area contributed by atoms with Crippen LogP contribution in [0.25, 0.3) is 22.1 Å². The average molecular weight is 473 g/mol. The Kier molecular flexibility index (Phi) is 6.56. The van der Waals surface area contributed by atoms with Crippen molar-refractivity contribution in [1.29, 1.82) is 0 Å². The third-order valence-corrected chi connectivity index (χ3v) is 6.35. The monoisotopic (exact) mass is 472 g/mol. The molecule has 7 heteroatoms. The Morgan fingerprint density at radius 2 is 1.71 bits per heavy atom. The Morgan fingerprint density at radius 1 is 0.912 bits per heavy atom. The van der Waals surface area contributed by atoms with E-state index in [1.807, 2.05) is 85.8 Å². The van der Waals surface area contributed by atoms with E-state index in [1.54, 1.807) is 4.40 Å². The molecule has 0 aliphatic rings. The molecule has 0 N–H and O–H groups in total. The summed E-state index contributed by atoms with van der Waals surface area (Å²) in [5.41, 5.74) is 3.62. The lowest BCUT2D eigenvalue weighted by Crippen LogP contribution is -2.22. The molecule has 5 aromatic rings. The number of para-hydroxylation sites is 3. The van der Waals surface area contributed by atoms with Gasteiger partial charge in [-0.15, -0.1) is 0 Å². The second-order valence-corrected chi connectivity index (χ2v) is 8.79. The van der Waals surface area contributed by atoms with Gasteiger partial charge in [0.1, 0.15) is 24.7 Å². The standard InChI is InChI=1S/C27H24N2O4S/c1-19-7-2-5-12-24(19)33-16-14-31-13-15-32-21-9-6-8-20(17-21)18-25-26(30)29-23-11-4-3-10-22(23)28-27(29)34-25/h2-12,17-18H,13-16H2,1H3/b25-18+. The fourth-order valence-corrected chi connectivity index (χ4v) is 4.69. The second kappa shape index (κ2) is 10.1. The minimum atomic E-state index is -0.0543. The van der Waals surface area contributed by atoms with Crippen molar-refractivity contribution in [1.82, 2.24) is 9.38 Å². The molecule has 0 unspecified atom stereocenters. The lowest BCUT2D eigenvalue weighted by Gasteiger charge is -2.10. The van der Waals surface area contributed by atoms with Gasteiger partial charge in [-0.25, -0.2) is 9.38 Å². The molecule has 2 heterocycles. The van der Waals surface area contributed by atoms with Crippen molar-refractivity contribution in [2.24, 2.45) is 0 Å². The molecule has 5 rings (SSSR count). The van der Waals surface area contributed by atoms with Crippen LogP contribution in [0.4, 0.5) is 0 Å². The van der Waals surface area contributed by atoms with Crippen LogP contribution in [0.15, 0.2) is 77.6 Å². The van der Waals surface area contributed by atoms with E-state index in [1.165, 1.54) is 11.3 Å². The van der Waals surface area contributed by atoms with Crippen LogP contribution in [-0.4, -0.2) is 35.8 Å². The van der Waals surface area contributed by atoms with E-state index in [0.717, 1.165) is 33.7 Å². The zero-order chi connectivity index (χ0) is 23.3. The summed E-state index contributed by atoms with van der Waals surface area (Å²) in [7, 11) is 0. The summed E-state index contributed by atoms with van der Waals surface area (Å²) in [6, 6.07) is 23.3. The van der Waals surface area contributed by atoms with Crippen LogP contribution in [-0.2, 0) is 4.74 Å². The molecule has 0 aliphatic heterocycles. The topological polar surface area (TPSA) is 62.1 Å². The van der Waals surface area contributed by atoms with Crippen molar-refractivity contribution in [2.75, 3.05) is 26.4 Å². The molecule has 0 saturated heterocycles. The minimum Gasteiger partial charge on any atom is -0.491 e. The Balaban J connectivity index is 1.17. The van der Waals surface area contributed by atoms with Gasteiger partial charge in [0.15, 0.2) is 4.96 Å². The molecule has 0 saturated carbocycles. The van der Waals surface area contributed by atoms with Crippen molar-refractivity contribution < 1.29 is 14.2 Å². The number of thiazole rings is 1. The average Bonchev–Trinajstić information content (AvgIpc) is 3.36. The number of hydrogen-bond acceptors (Lipinski definition) is 6. The second-order valence-electron chi connectivity index (χ2n) is 7.78. The van der Waals surface area contributed by atoms with Gasteiger partial charge in [-0.1, -0.05) is 53.8 Å². The largest absolute Gasteiger partial charge is 0.491 e. The first-order chi connectivity index (χ1) is 16.7. The van der Waals surface area contributed by atoms with Crippen LogP contribution in [0.2, 0.25) is 0 Å². The number of ether oxygens (including phenoxy) is 3. The quantitative estimate of drug-likeness (QED) is 0.300.